The van der Waals surface area contributed by atoms with Crippen LogP contribution < -0.4 is 11.3 Å². The molecule has 19 heavy (non-hydrogen) atoms. The molecule has 3 N–H and O–H groups in total. The Morgan fingerprint density at radius 2 is 2.11 bits per heavy atom. The van der Waals surface area contributed by atoms with Crippen LogP contribution in [-0.4, -0.2) is 19.5 Å². The van der Waals surface area contributed by atoms with Gasteiger partial charge in [0.25, 0.3) is 0 Å². The van der Waals surface area contributed by atoms with Gasteiger partial charge in [-0.1, -0.05) is 6.92 Å². The van der Waals surface area contributed by atoms with Gasteiger partial charge in [-0.25, -0.2) is 20.8 Å². The van der Waals surface area contributed by atoms with E-state index in [1.54, 1.807) is 6.33 Å². The third-order valence-corrected chi connectivity index (χ3v) is 3.67. The maximum absolute atomic E-state index is 5.52. The van der Waals surface area contributed by atoms with Gasteiger partial charge in [-0.3, -0.25) is 4.57 Å². The molecule has 2 heterocycles. The second-order valence-electron chi connectivity index (χ2n) is 4.74. The van der Waals surface area contributed by atoms with Crippen molar-refractivity contribution in [2.45, 2.75) is 39.0 Å². The number of aryl methyl sites for hydroxylation is 1. The van der Waals surface area contributed by atoms with E-state index in [0.29, 0.717) is 5.82 Å². The first-order valence-electron chi connectivity index (χ1n) is 6.71. The largest absolute Gasteiger partial charge is 0.308 e. The zero-order chi connectivity index (χ0) is 13.2. The van der Waals surface area contributed by atoms with Crippen LogP contribution in [-0.2, 0) is 19.3 Å². The highest BCUT2D eigenvalue weighted by atomic mass is 15.3. The second-order valence-corrected chi connectivity index (χ2v) is 4.74. The van der Waals surface area contributed by atoms with E-state index in [-0.39, 0.29) is 0 Å². The van der Waals surface area contributed by atoms with Crippen molar-refractivity contribution in [3.63, 3.8) is 0 Å². The molecular weight excluding hydrogens is 240 g/mol. The molecule has 0 aliphatic heterocycles. The van der Waals surface area contributed by atoms with Crippen LogP contribution in [0, 0.1) is 0 Å². The van der Waals surface area contributed by atoms with Gasteiger partial charge in [0.2, 0.25) is 0 Å². The molecule has 6 heteroatoms. The molecule has 0 bridgehead atoms. The van der Waals surface area contributed by atoms with E-state index in [1.807, 2.05) is 6.33 Å². The molecule has 0 saturated carbocycles. The third kappa shape index (κ3) is 1.98. The number of fused-ring (bicyclic) bond motifs is 1. The van der Waals surface area contributed by atoms with Crippen molar-refractivity contribution >= 4 is 5.82 Å². The minimum Gasteiger partial charge on any atom is -0.308 e. The van der Waals surface area contributed by atoms with Gasteiger partial charge in [-0.2, -0.15) is 0 Å². The summed E-state index contributed by atoms with van der Waals surface area (Å²) in [7, 11) is 0. The zero-order valence-corrected chi connectivity index (χ0v) is 11.1. The Bertz CT molecular complexity index is 589. The van der Waals surface area contributed by atoms with Gasteiger partial charge >= 0.3 is 0 Å². The van der Waals surface area contributed by atoms with Gasteiger partial charge in [0, 0.05) is 11.3 Å². The van der Waals surface area contributed by atoms with Crippen LogP contribution in [0.25, 0.3) is 5.82 Å². The van der Waals surface area contributed by atoms with Gasteiger partial charge in [0.05, 0.1) is 5.69 Å². The molecule has 0 amide bonds. The van der Waals surface area contributed by atoms with Crippen molar-refractivity contribution in [2.24, 2.45) is 5.84 Å². The lowest BCUT2D eigenvalue weighted by atomic mass is 10.0. The Kier molecular flexibility index (Phi) is 3.16. The number of nitrogens with one attached hydrogen (secondary N) is 1. The first kappa shape index (κ1) is 12.1. The number of aromatic nitrogens is 4. The molecular formula is C13H18N6. The molecule has 0 unspecified atom stereocenters. The summed E-state index contributed by atoms with van der Waals surface area (Å²) >= 11 is 0. The average molecular weight is 258 g/mol. The average Bonchev–Trinajstić information content (AvgIpc) is 2.90. The van der Waals surface area contributed by atoms with Gasteiger partial charge in [-0.05, 0) is 32.1 Å². The number of hydrazine groups is 1. The minimum atomic E-state index is 0.686. The summed E-state index contributed by atoms with van der Waals surface area (Å²) in [5, 5.41) is 0. The predicted molar refractivity (Wildman–Crippen MR) is 73.0 cm³/mol. The summed E-state index contributed by atoms with van der Waals surface area (Å²) in [6, 6.07) is 0. The monoisotopic (exact) mass is 258 g/mol. The lowest BCUT2D eigenvalue weighted by molar-refractivity contribution is 0.653. The lowest BCUT2D eigenvalue weighted by Gasteiger charge is -2.16. The molecule has 100 valence electrons. The highest BCUT2D eigenvalue weighted by molar-refractivity contribution is 5.52. The van der Waals surface area contributed by atoms with E-state index in [2.05, 4.69) is 31.9 Å². The first-order valence-corrected chi connectivity index (χ1v) is 6.71. The number of anilines is 1. The van der Waals surface area contributed by atoms with Crippen LogP contribution in [0.3, 0.4) is 0 Å². The fraction of sp³-hybridized carbons (Fsp3) is 0.462. The molecule has 0 aromatic carbocycles. The van der Waals surface area contributed by atoms with Crippen molar-refractivity contribution in [2.75, 3.05) is 5.43 Å². The molecule has 3 rings (SSSR count). The third-order valence-electron chi connectivity index (χ3n) is 3.67. The molecule has 2 aromatic heterocycles. The normalized spacial score (nSPS) is 14.2. The second kappa shape index (κ2) is 4.97. The molecule has 0 fully saturated rings. The number of nitrogens with two attached hydrogens (primary N) is 1. The lowest BCUT2D eigenvalue weighted by Crippen LogP contribution is -2.15. The van der Waals surface area contributed by atoms with Crippen LogP contribution in [0.4, 0.5) is 5.82 Å². The van der Waals surface area contributed by atoms with E-state index in [1.165, 1.54) is 24.2 Å². The van der Waals surface area contributed by atoms with Crippen LogP contribution >= 0.6 is 0 Å². The summed E-state index contributed by atoms with van der Waals surface area (Å²) in [5.41, 5.74) is 6.15. The minimum absolute atomic E-state index is 0.686. The Morgan fingerprint density at radius 1 is 1.26 bits per heavy atom. The van der Waals surface area contributed by atoms with E-state index < -0.39 is 0 Å². The van der Waals surface area contributed by atoms with Crippen molar-refractivity contribution < 1.29 is 0 Å². The number of hydrogen-bond acceptors (Lipinski definition) is 5. The number of rotatable bonds is 3. The summed E-state index contributed by atoms with van der Waals surface area (Å²) in [6.45, 7) is 2.08. The summed E-state index contributed by atoms with van der Waals surface area (Å²) in [6.07, 6.45) is 8.81. The molecule has 2 aromatic rings. The first-order chi connectivity index (χ1) is 9.35. The van der Waals surface area contributed by atoms with Crippen molar-refractivity contribution in [3.8, 4) is 5.82 Å². The van der Waals surface area contributed by atoms with E-state index in [4.69, 9.17) is 5.84 Å². The number of imidazole rings is 1. The van der Waals surface area contributed by atoms with E-state index in [9.17, 15) is 0 Å². The number of nitrogens with zero attached hydrogens (tertiary/aromatic N) is 4. The Hall–Kier alpha value is -1.95. The van der Waals surface area contributed by atoms with Gasteiger partial charge < -0.3 is 5.43 Å². The molecule has 1 aliphatic carbocycles. The highest BCUT2D eigenvalue weighted by Gasteiger charge is 2.19. The smallest absolute Gasteiger partial charge is 0.148 e. The van der Waals surface area contributed by atoms with Gasteiger partial charge in [0.15, 0.2) is 0 Å². The van der Waals surface area contributed by atoms with Gasteiger partial charge in [0.1, 0.15) is 24.3 Å². The molecule has 0 atom stereocenters. The van der Waals surface area contributed by atoms with E-state index in [0.717, 1.165) is 30.6 Å². The fourth-order valence-electron chi connectivity index (χ4n) is 2.71. The number of nitrogen functional groups attached to an aromatic ring is 1. The Balaban J connectivity index is 2.14. The molecule has 0 radical (unpaired) electrons. The van der Waals surface area contributed by atoms with Crippen LogP contribution in [0.15, 0.2) is 12.7 Å². The number of hydrogen-bond donors (Lipinski definition) is 2. The maximum atomic E-state index is 5.52. The Morgan fingerprint density at radius 3 is 2.89 bits per heavy atom. The summed E-state index contributed by atoms with van der Waals surface area (Å²) in [4.78, 5) is 13.1. The summed E-state index contributed by atoms with van der Waals surface area (Å²) < 4.78 is 2.09. The maximum Gasteiger partial charge on any atom is 0.148 e. The van der Waals surface area contributed by atoms with Crippen molar-refractivity contribution in [3.05, 3.63) is 29.6 Å². The summed E-state index contributed by atoms with van der Waals surface area (Å²) in [5.74, 6) is 7.10. The van der Waals surface area contributed by atoms with Crippen LogP contribution in [0.1, 0.15) is 36.7 Å². The highest BCUT2D eigenvalue weighted by Crippen LogP contribution is 2.25. The Labute approximate surface area is 112 Å². The molecule has 1 aliphatic rings. The fourth-order valence-corrected chi connectivity index (χ4v) is 2.71. The molecule has 0 spiro atoms. The molecule has 6 nitrogen and oxygen atoms in total. The van der Waals surface area contributed by atoms with Crippen molar-refractivity contribution in [1.82, 2.24) is 19.5 Å². The standard InChI is InChI=1S/C13H18N6/c1-2-9-12(18-14)15-7-16-13(9)19-8-17-10-5-3-4-6-11(10)19/h7-8H,2-6,14H2,1H3,(H,15,16,18). The zero-order valence-electron chi connectivity index (χ0n) is 11.1. The van der Waals surface area contributed by atoms with E-state index >= 15 is 0 Å². The topological polar surface area (TPSA) is 81.6 Å². The molecule has 0 saturated heterocycles. The van der Waals surface area contributed by atoms with Crippen LogP contribution in [0.2, 0.25) is 0 Å². The SMILES string of the molecule is CCc1c(NN)ncnc1-n1cnc2c1CCCC2. The quantitative estimate of drug-likeness (QED) is 0.642. The van der Waals surface area contributed by atoms with Crippen molar-refractivity contribution in [1.29, 1.82) is 0 Å². The van der Waals surface area contributed by atoms with Crippen LogP contribution in [0.5, 0.6) is 0 Å². The predicted octanol–water partition coefficient (Wildman–Crippen LogP) is 1.39. The van der Waals surface area contributed by atoms with Gasteiger partial charge in [-0.15, -0.1) is 0 Å².